The average Bonchev–Trinajstić information content (AvgIpc) is 2.24. The molecular formula is C11H13BrCl2S. The smallest absolute Gasteiger partial charge is 0.0542 e. The molecule has 0 bridgehead atoms. The van der Waals surface area contributed by atoms with Gasteiger partial charge in [0.15, 0.2) is 0 Å². The molecule has 0 saturated heterocycles. The van der Waals surface area contributed by atoms with E-state index in [0.717, 1.165) is 26.0 Å². The van der Waals surface area contributed by atoms with Gasteiger partial charge in [0.05, 0.1) is 5.02 Å². The van der Waals surface area contributed by atoms with Crippen molar-refractivity contribution in [3.8, 4) is 0 Å². The fourth-order valence-corrected chi connectivity index (χ4v) is 3.76. The second kappa shape index (κ2) is 7.05. The molecule has 0 aromatic heterocycles. The molecule has 0 heterocycles. The van der Waals surface area contributed by atoms with E-state index in [1.54, 1.807) is 11.8 Å². The minimum Gasteiger partial charge on any atom is -0.124 e. The van der Waals surface area contributed by atoms with Gasteiger partial charge in [0, 0.05) is 21.0 Å². The van der Waals surface area contributed by atoms with Gasteiger partial charge in [0.1, 0.15) is 0 Å². The van der Waals surface area contributed by atoms with Gasteiger partial charge in [-0.3, -0.25) is 0 Å². The minimum atomic E-state index is 0.685. The Bertz CT molecular complexity index is 313. The molecule has 0 saturated carbocycles. The third-order valence-electron chi connectivity index (χ3n) is 2.16. The predicted molar refractivity (Wildman–Crippen MR) is 74.8 cm³/mol. The Hall–Kier alpha value is 0.630. The van der Waals surface area contributed by atoms with Gasteiger partial charge in [-0.25, -0.2) is 0 Å². The standard InChI is InChI=1S/C11H13BrCl2S/c1-2-8(6-12)7-15-11-5-9(13)3-4-10(11)14/h3-5,8H,2,6-7H2,1H3. The third kappa shape index (κ3) is 4.56. The summed E-state index contributed by atoms with van der Waals surface area (Å²) in [6, 6.07) is 5.59. The van der Waals surface area contributed by atoms with Crippen LogP contribution in [0.3, 0.4) is 0 Å². The number of rotatable bonds is 5. The van der Waals surface area contributed by atoms with Crippen molar-refractivity contribution < 1.29 is 0 Å². The molecule has 1 rings (SSSR count). The van der Waals surface area contributed by atoms with Gasteiger partial charge in [0.25, 0.3) is 0 Å². The van der Waals surface area contributed by atoms with Crippen LogP contribution in [0.4, 0.5) is 0 Å². The number of benzene rings is 1. The number of alkyl halides is 1. The van der Waals surface area contributed by atoms with Crippen LogP contribution in [0.15, 0.2) is 23.1 Å². The first kappa shape index (κ1) is 13.7. The quantitative estimate of drug-likeness (QED) is 0.507. The summed E-state index contributed by atoms with van der Waals surface area (Å²) in [5.74, 6) is 1.76. The molecule has 0 amide bonds. The van der Waals surface area contributed by atoms with Crippen LogP contribution < -0.4 is 0 Å². The Kier molecular flexibility index (Phi) is 6.44. The van der Waals surface area contributed by atoms with E-state index in [1.807, 2.05) is 18.2 Å². The summed E-state index contributed by atoms with van der Waals surface area (Å²) in [6.07, 6.45) is 1.18. The number of thioether (sulfide) groups is 1. The molecule has 1 unspecified atom stereocenters. The molecule has 0 N–H and O–H groups in total. The summed E-state index contributed by atoms with van der Waals surface area (Å²) in [7, 11) is 0. The van der Waals surface area contributed by atoms with Gasteiger partial charge in [-0.05, 0) is 24.1 Å². The molecule has 0 fully saturated rings. The highest BCUT2D eigenvalue weighted by Crippen LogP contribution is 2.31. The van der Waals surface area contributed by atoms with Gasteiger partial charge in [-0.2, -0.15) is 0 Å². The molecule has 0 aliphatic rings. The Balaban J connectivity index is 2.60. The predicted octanol–water partition coefficient (Wildman–Crippen LogP) is 5.51. The molecule has 1 aromatic rings. The van der Waals surface area contributed by atoms with E-state index < -0.39 is 0 Å². The fraction of sp³-hybridized carbons (Fsp3) is 0.455. The van der Waals surface area contributed by atoms with Gasteiger partial charge in [-0.1, -0.05) is 52.5 Å². The van der Waals surface area contributed by atoms with E-state index in [-0.39, 0.29) is 0 Å². The number of halogens is 3. The molecular weight excluding hydrogens is 315 g/mol. The maximum absolute atomic E-state index is 6.07. The first-order valence-corrected chi connectivity index (χ1v) is 7.67. The molecule has 1 atom stereocenters. The van der Waals surface area contributed by atoms with Crippen molar-refractivity contribution in [2.45, 2.75) is 18.2 Å². The Labute approximate surface area is 114 Å². The summed E-state index contributed by atoms with van der Waals surface area (Å²) in [4.78, 5) is 1.07. The van der Waals surface area contributed by atoms with E-state index in [1.165, 1.54) is 6.42 Å². The summed E-state index contributed by atoms with van der Waals surface area (Å²) in [5.41, 5.74) is 0. The lowest BCUT2D eigenvalue weighted by atomic mass is 10.2. The SMILES string of the molecule is CCC(CBr)CSc1cc(Cl)ccc1Cl. The zero-order chi connectivity index (χ0) is 11.3. The maximum atomic E-state index is 6.07. The van der Waals surface area contributed by atoms with Crippen molar-refractivity contribution in [3.63, 3.8) is 0 Å². The van der Waals surface area contributed by atoms with Gasteiger partial charge in [-0.15, -0.1) is 11.8 Å². The van der Waals surface area contributed by atoms with E-state index >= 15 is 0 Å². The first-order chi connectivity index (χ1) is 7.17. The summed E-state index contributed by atoms with van der Waals surface area (Å²) < 4.78 is 0. The summed E-state index contributed by atoms with van der Waals surface area (Å²) >= 11 is 17.3. The van der Waals surface area contributed by atoms with Crippen LogP contribution in [0.1, 0.15) is 13.3 Å². The van der Waals surface area contributed by atoms with E-state index in [4.69, 9.17) is 23.2 Å². The molecule has 0 nitrogen and oxygen atoms in total. The zero-order valence-corrected chi connectivity index (χ0v) is 12.4. The highest BCUT2D eigenvalue weighted by atomic mass is 79.9. The van der Waals surface area contributed by atoms with E-state index in [2.05, 4.69) is 22.9 Å². The van der Waals surface area contributed by atoms with Crippen LogP contribution in [0.2, 0.25) is 10.0 Å². The molecule has 0 spiro atoms. The highest BCUT2D eigenvalue weighted by molar-refractivity contribution is 9.09. The van der Waals surface area contributed by atoms with E-state index in [0.29, 0.717) is 5.92 Å². The molecule has 0 radical (unpaired) electrons. The summed E-state index contributed by atoms with van der Waals surface area (Å²) in [6.45, 7) is 2.20. The van der Waals surface area contributed by atoms with Gasteiger partial charge < -0.3 is 0 Å². The normalized spacial score (nSPS) is 12.8. The van der Waals surface area contributed by atoms with Crippen molar-refractivity contribution >= 4 is 50.9 Å². The van der Waals surface area contributed by atoms with Crippen LogP contribution in [0.25, 0.3) is 0 Å². The number of hydrogen-bond donors (Lipinski definition) is 0. The van der Waals surface area contributed by atoms with Gasteiger partial charge in [0.2, 0.25) is 0 Å². The zero-order valence-electron chi connectivity index (χ0n) is 8.47. The van der Waals surface area contributed by atoms with Crippen molar-refractivity contribution in [3.05, 3.63) is 28.2 Å². The van der Waals surface area contributed by atoms with E-state index in [9.17, 15) is 0 Å². The Morgan fingerprint density at radius 1 is 1.40 bits per heavy atom. The Morgan fingerprint density at radius 2 is 2.13 bits per heavy atom. The van der Waals surface area contributed by atoms with Crippen LogP contribution in [-0.4, -0.2) is 11.1 Å². The van der Waals surface area contributed by atoms with Crippen LogP contribution >= 0.6 is 50.9 Å². The summed E-state index contributed by atoms with van der Waals surface area (Å²) in [5, 5.41) is 2.57. The van der Waals surface area contributed by atoms with Crippen LogP contribution in [-0.2, 0) is 0 Å². The molecule has 84 valence electrons. The lowest BCUT2D eigenvalue weighted by molar-refractivity contribution is 0.652. The van der Waals surface area contributed by atoms with Crippen LogP contribution in [0, 0.1) is 5.92 Å². The number of hydrogen-bond acceptors (Lipinski definition) is 1. The molecule has 4 heteroatoms. The molecule has 1 aromatic carbocycles. The third-order valence-corrected chi connectivity index (χ3v) is 5.04. The lowest BCUT2D eigenvalue weighted by Gasteiger charge is -2.11. The topological polar surface area (TPSA) is 0 Å². The van der Waals surface area contributed by atoms with Crippen LogP contribution in [0.5, 0.6) is 0 Å². The minimum absolute atomic E-state index is 0.685. The van der Waals surface area contributed by atoms with Crippen molar-refractivity contribution in [2.75, 3.05) is 11.1 Å². The largest absolute Gasteiger partial charge is 0.124 e. The first-order valence-electron chi connectivity index (χ1n) is 4.81. The molecule has 0 aliphatic carbocycles. The fourth-order valence-electron chi connectivity index (χ4n) is 1.07. The maximum Gasteiger partial charge on any atom is 0.0542 e. The molecule has 15 heavy (non-hydrogen) atoms. The highest BCUT2D eigenvalue weighted by Gasteiger charge is 2.07. The Morgan fingerprint density at radius 3 is 2.73 bits per heavy atom. The van der Waals surface area contributed by atoms with Crippen molar-refractivity contribution in [2.24, 2.45) is 5.92 Å². The van der Waals surface area contributed by atoms with Gasteiger partial charge >= 0.3 is 0 Å². The monoisotopic (exact) mass is 326 g/mol. The van der Waals surface area contributed by atoms with Crippen molar-refractivity contribution in [1.29, 1.82) is 0 Å². The second-order valence-corrected chi connectivity index (χ2v) is 5.87. The molecule has 0 aliphatic heterocycles. The lowest BCUT2D eigenvalue weighted by Crippen LogP contribution is -2.03. The van der Waals surface area contributed by atoms with Crippen molar-refractivity contribution in [1.82, 2.24) is 0 Å². The average molecular weight is 328 g/mol. The second-order valence-electron chi connectivity index (χ2n) is 3.31.